The molecule has 0 atom stereocenters. The van der Waals surface area contributed by atoms with Gasteiger partial charge in [-0.1, -0.05) is 42.1 Å². The first-order chi connectivity index (χ1) is 13.8. The van der Waals surface area contributed by atoms with Crippen LogP contribution in [0.4, 0.5) is 0 Å². The minimum absolute atomic E-state index is 0.674. The van der Waals surface area contributed by atoms with E-state index in [0.29, 0.717) is 6.42 Å². The molecule has 3 heterocycles. The maximum atomic E-state index is 5.45. The van der Waals surface area contributed by atoms with Crippen LogP contribution >= 0.6 is 0 Å². The molecule has 0 radical (unpaired) electrons. The second-order valence-electron chi connectivity index (χ2n) is 6.74. The number of fused-ring (bicyclic) bond motifs is 5. The number of hydrogen-bond acceptors (Lipinski definition) is 4. The molecule has 0 saturated heterocycles. The first-order valence-corrected chi connectivity index (χ1v) is 9.13. The van der Waals surface area contributed by atoms with Gasteiger partial charge in [-0.3, -0.25) is 0 Å². The highest BCUT2D eigenvalue weighted by molar-refractivity contribution is 5.61. The summed E-state index contributed by atoms with van der Waals surface area (Å²) in [6.07, 6.45) is 5.04. The minimum atomic E-state index is 0.674. The maximum Gasteiger partial charge on any atom is 0.121 e. The number of hydrogen-bond donors (Lipinski definition) is 0. The predicted octanol–water partition coefficient (Wildman–Crippen LogP) is 3.60. The van der Waals surface area contributed by atoms with Crippen LogP contribution in [-0.4, -0.2) is 31.7 Å². The highest BCUT2D eigenvalue weighted by Gasteiger charge is 2.25. The lowest BCUT2D eigenvalue weighted by Crippen LogP contribution is -2.04. The zero-order valence-corrected chi connectivity index (χ0v) is 15.5. The van der Waals surface area contributed by atoms with Crippen molar-refractivity contribution in [1.82, 2.24) is 24.5 Å². The Balaban J connectivity index is 1.72. The van der Waals surface area contributed by atoms with E-state index in [4.69, 9.17) is 4.74 Å². The zero-order chi connectivity index (χ0) is 19.1. The van der Waals surface area contributed by atoms with Gasteiger partial charge in [0.05, 0.1) is 41.3 Å². The van der Waals surface area contributed by atoms with Crippen molar-refractivity contribution in [3.8, 4) is 17.1 Å². The lowest BCUT2D eigenvalue weighted by atomic mass is 10.1. The van der Waals surface area contributed by atoms with Crippen LogP contribution in [0.2, 0.25) is 0 Å². The number of methoxy groups -OCH3 is 1. The topological polar surface area (TPSA) is 57.8 Å². The molecule has 1 aliphatic rings. The van der Waals surface area contributed by atoms with Crippen molar-refractivity contribution >= 4 is 6.08 Å². The van der Waals surface area contributed by atoms with Gasteiger partial charge in [0.15, 0.2) is 0 Å². The van der Waals surface area contributed by atoms with Crippen molar-refractivity contribution in [2.24, 2.45) is 0 Å². The third-order valence-electron chi connectivity index (χ3n) is 5.16. The molecular formula is C22H19N5O. The van der Waals surface area contributed by atoms with Gasteiger partial charge in [0.1, 0.15) is 12.1 Å². The van der Waals surface area contributed by atoms with E-state index in [9.17, 15) is 0 Å². The second kappa shape index (κ2) is 6.49. The highest BCUT2D eigenvalue weighted by atomic mass is 16.5. The van der Waals surface area contributed by atoms with E-state index in [1.54, 1.807) is 13.2 Å². The van der Waals surface area contributed by atoms with E-state index in [2.05, 4.69) is 38.6 Å². The van der Waals surface area contributed by atoms with Gasteiger partial charge >= 0.3 is 0 Å². The van der Waals surface area contributed by atoms with Gasteiger partial charge in [-0.25, -0.2) is 9.67 Å². The minimum Gasteiger partial charge on any atom is -0.497 e. The van der Waals surface area contributed by atoms with Crippen molar-refractivity contribution in [2.45, 2.75) is 12.8 Å². The smallest absolute Gasteiger partial charge is 0.121 e. The van der Waals surface area contributed by atoms with Crippen LogP contribution in [0.3, 0.4) is 0 Å². The van der Waals surface area contributed by atoms with Crippen LogP contribution in [0.15, 0.2) is 61.4 Å². The normalized spacial score (nSPS) is 11.9. The molecule has 138 valence electrons. The lowest BCUT2D eigenvalue weighted by Gasteiger charge is -2.11. The van der Waals surface area contributed by atoms with E-state index in [1.807, 2.05) is 47.4 Å². The summed E-state index contributed by atoms with van der Waals surface area (Å²) in [5, 5.41) is 9.02. The fourth-order valence-corrected chi connectivity index (χ4v) is 3.73. The predicted molar refractivity (Wildman–Crippen MR) is 107 cm³/mol. The Bertz CT molecular complexity index is 1170. The van der Waals surface area contributed by atoms with Crippen LogP contribution in [0.1, 0.15) is 28.3 Å². The Morgan fingerprint density at radius 1 is 1.11 bits per heavy atom. The van der Waals surface area contributed by atoms with Crippen molar-refractivity contribution < 1.29 is 4.74 Å². The quantitative estimate of drug-likeness (QED) is 0.486. The molecule has 0 fully saturated rings. The van der Waals surface area contributed by atoms with Crippen LogP contribution in [0.25, 0.3) is 17.5 Å². The Morgan fingerprint density at radius 2 is 1.96 bits per heavy atom. The van der Waals surface area contributed by atoms with Gasteiger partial charge in [-0.2, -0.15) is 0 Å². The number of rotatable bonds is 4. The van der Waals surface area contributed by atoms with Gasteiger partial charge in [-0.05, 0) is 23.8 Å². The standard InChI is InChI=1S/C22H19N5O/c1-3-17-20-13-21-18(11-15-7-5-4-6-8-15)24-25-27(21)22-12-16(28-2)9-10-19(22)26(20)14-23-17/h3-10,12,14H,1,11,13H2,2H3. The lowest BCUT2D eigenvalue weighted by molar-refractivity contribution is 0.414. The molecule has 6 nitrogen and oxygen atoms in total. The van der Waals surface area contributed by atoms with E-state index in [0.717, 1.165) is 46.3 Å². The van der Waals surface area contributed by atoms with Crippen molar-refractivity contribution in [2.75, 3.05) is 7.11 Å². The summed E-state index contributed by atoms with van der Waals surface area (Å²) in [6, 6.07) is 16.3. The third-order valence-corrected chi connectivity index (χ3v) is 5.16. The van der Waals surface area contributed by atoms with Crippen molar-refractivity contribution in [3.05, 3.63) is 89.8 Å². The Hall–Kier alpha value is -3.67. The molecule has 6 heteroatoms. The molecular weight excluding hydrogens is 350 g/mol. The molecule has 2 aromatic carbocycles. The molecule has 0 bridgehead atoms. The molecule has 0 amide bonds. The number of aromatic nitrogens is 5. The fourth-order valence-electron chi connectivity index (χ4n) is 3.73. The van der Waals surface area contributed by atoms with E-state index in [-0.39, 0.29) is 0 Å². The zero-order valence-electron chi connectivity index (χ0n) is 15.5. The maximum absolute atomic E-state index is 5.45. The number of ether oxygens (including phenoxy) is 1. The monoisotopic (exact) mass is 369 g/mol. The summed E-state index contributed by atoms with van der Waals surface area (Å²) in [7, 11) is 1.67. The summed E-state index contributed by atoms with van der Waals surface area (Å²) < 4.78 is 9.48. The van der Waals surface area contributed by atoms with Crippen LogP contribution < -0.4 is 4.74 Å². The Labute approximate surface area is 162 Å². The van der Waals surface area contributed by atoms with Gasteiger partial charge in [0.2, 0.25) is 0 Å². The van der Waals surface area contributed by atoms with Gasteiger partial charge in [0.25, 0.3) is 0 Å². The second-order valence-corrected chi connectivity index (χ2v) is 6.74. The van der Waals surface area contributed by atoms with Crippen molar-refractivity contribution in [1.29, 1.82) is 0 Å². The van der Waals surface area contributed by atoms with Crippen LogP contribution in [-0.2, 0) is 12.8 Å². The molecule has 0 N–H and O–H groups in total. The Morgan fingerprint density at radius 3 is 2.75 bits per heavy atom. The fraction of sp³-hybridized carbons (Fsp3) is 0.136. The van der Waals surface area contributed by atoms with Crippen LogP contribution in [0, 0.1) is 0 Å². The number of nitrogens with zero attached hydrogens (tertiary/aromatic N) is 5. The summed E-state index contributed by atoms with van der Waals surface area (Å²) in [6.45, 7) is 3.93. The first kappa shape index (κ1) is 16.5. The first-order valence-electron chi connectivity index (χ1n) is 9.13. The van der Waals surface area contributed by atoms with Gasteiger partial charge in [0, 0.05) is 18.9 Å². The molecule has 28 heavy (non-hydrogen) atoms. The van der Waals surface area contributed by atoms with E-state index >= 15 is 0 Å². The average Bonchev–Trinajstić information content (AvgIpc) is 3.29. The number of imidazole rings is 1. The molecule has 4 aromatic rings. The molecule has 2 aromatic heterocycles. The largest absolute Gasteiger partial charge is 0.497 e. The molecule has 0 aliphatic carbocycles. The molecule has 0 spiro atoms. The molecule has 0 saturated carbocycles. The third kappa shape index (κ3) is 2.53. The summed E-state index contributed by atoms with van der Waals surface area (Å²) in [4.78, 5) is 4.53. The van der Waals surface area contributed by atoms with E-state index < -0.39 is 0 Å². The SMILES string of the molecule is C=Cc1ncn2c1Cc1c(Cc3ccccc3)nnn1-c1cc(OC)ccc1-2. The molecule has 1 aliphatic heterocycles. The summed E-state index contributed by atoms with van der Waals surface area (Å²) in [5.74, 6) is 0.775. The molecule has 5 rings (SSSR count). The highest BCUT2D eigenvalue weighted by Crippen LogP contribution is 2.32. The van der Waals surface area contributed by atoms with E-state index in [1.165, 1.54) is 5.56 Å². The Kier molecular flexibility index (Phi) is 3.83. The average molecular weight is 369 g/mol. The summed E-state index contributed by atoms with van der Waals surface area (Å²) >= 11 is 0. The van der Waals surface area contributed by atoms with Gasteiger partial charge < -0.3 is 9.30 Å². The number of benzene rings is 2. The summed E-state index contributed by atoms with van der Waals surface area (Å²) in [5.41, 5.74) is 7.10. The van der Waals surface area contributed by atoms with Gasteiger partial charge in [-0.15, -0.1) is 5.10 Å². The van der Waals surface area contributed by atoms with Crippen LogP contribution in [0.5, 0.6) is 5.75 Å². The molecule has 0 unspecified atom stereocenters. The van der Waals surface area contributed by atoms with Crippen molar-refractivity contribution in [3.63, 3.8) is 0 Å².